The van der Waals surface area contributed by atoms with E-state index in [0.717, 1.165) is 96.3 Å². The summed E-state index contributed by atoms with van der Waals surface area (Å²) in [5.41, 5.74) is 0. The Bertz CT molecular complexity index is 1160. The first kappa shape index (κ1) is 57.0. The van der Waals surface area contributed by atoms with Crippen molar-refractivity contribution in [3.8, 4) is 0 Å². The molecule has 1 amide bonds. The Balaban J connectivity index is 4.68. The molecule has 0 saturated heterocycles. The van der Waals surface area contributed by atoms with Gasteiger partial charge in [-0.15, -0.1) is 0 Å². The summed E-state index contributed by atoms with van der Waals surface area (Å²) in [5.74, 6) is -0.543. The van der Waals surface area contributed by atoms with Crippen LogP contribution in [0.1, 0.15) is 220 Å². The van der Waals surface area contributed by atoms with Crippen LogP contribution < -0.4 is 5.32 Å². The molecule has 0 aromatic carbocycles. The van der Waals surface area contributed by atoms with Crippen LogP contribution in [0, 0.1) is 0 Å². The van der Waals surface area contributed by atoms with Gasteiger partial charge in [0.15, 0.2) is 0 Å². The number of nitrogens with one attached hydrogen (secondary N) is 1. The van der Waals surface area contributed by atoms with Gasteiger partial charge in [0.2, 0.25) is 5.91 Å². The van der Waals surface area contributed by atoms with E-state index in [2.05, 4.69) is 80.8 Å². The predicted octanol–water partition coefficient (Wildman–Crippen LogP) is 14.8. The van der Waals surface area contributed by atoms with E-state index in [9.17, 15) is 19.8 Å². The van der Waals surface area contributed by atoms with Crippen molar-refractivity contribution in [3.63, 3.8) is 0 Å². The van der Waals surface area contributed by atoms with Gasteiger partial charge >= 0.3 is 5.97 Å². The van der Waals surface area contributed by atoms with Crippen LogP contribution >= 0.6 is 0 Å². The molecule has 0 bridgehead atoms. The summed E-state index contributed by atoms with van der Waals surface area (Å²) in [6.45, 7) is 6.29. The average Bonchev–Trinajstić information content (AvgIpc) is 3.24. The topological polar surface area (TPSA) is 95.9 Å². The number of aliphatic hydroxyl groups is 2. The van der Waals surface area contributed by atoms with E-state index in [1.54, 1.807) is 0 Å². The molecular formula is C54H93NO5. The lowest BCUT2D eigenvalue weighted by Crippen LogP contribution is -2.46. The molecule has 0 aliphatic carbocycles. The highest BCUT2D eigenvalue weighted by molar-refractivity contribution is 5.77. The Hall–Kier alpha value is -2.96. The highest BCUT2D eigenvalue weighted by Gasteiger charge is 2.24. The van der Waals surface area contributed by atoms with Crippen molar-refractivity contribution in [1.82, 2.24) is 5.32 Å². The zero-order chi connectivity index (χ0) is 43.8. The minimum Gasteiger partial charge on any atom is -0.462 e. The number of amides is 1. The van der Waals surface area contributed by atoms with Gasteiger partial charge in [-0.2, -0.15) is 0 Å². The summed E-state index contributed by atoms with van der Waals surface area (Å²) in [4.78, 5) is 26.1. The summed E-state index contributed by atoms with van der Waals surface area (Å²) in [7, 11) is 0. The third-order valence-electron chi connectivity index (χ3n) is 10.9. The Morgan fingerprint density at radius 1 is 0.500 bits per heavy atom. The number of aliphatic hydroxyl groups excluding tert-OH is 2. The van der Waals surface area contributed by atoms with E-state index in [4.69, 9.17) is 4.74 Å². The Kier molecular flexibility index (Phi) is 44.8. The van der Waals surface area contributed by atoms with Crippen LogP contribution in [0.25, 0.3) is 0 Å². The van der Waals surface area contributed by atoms with Gasteiger partial charge in [0.1, 0.15) is 6.10 Å². The van der Waals surface area contributed by atoms with Gasteiger partial charge in [0.05, 0.1) is 25.2 Å². The molecule has 3 atom stereocenters. The second-order valence-electron chi connectivity index (χ2n) is 16.6. The van der Waals surface area contributed by atoms with Crippen molar-refractivity contribution in [2.75, 3.05) is 6.61 Å². The molecule has 3 unspecified atom stereocenters. The number of allylic oxidation sites excluding steroid dienone is 14. The standard InChI is InChI=1S/C54H93NO5/c1-4-7-10-13-16-19-22-24-25-26-27-28-30-32-35-38-41-44-47-54(59)60-50(45-42-39-36-33-31-29-23-20-17-14-11-8-5-2)48-53(58)55-51(49-56)52(57)46-43-40-37-34-21-18-15-12-9-6-3/h8,11,14,17,20,22-29,31,50-52,56-57H,4-7,9-10,12-13,15-16,18-19,21,30,32-49H2,1-3H3,(H,55,58)/b11-8+,17-14+,23-20+,24-22+,26-25+,28-27+,31-29-. The number of esters is 1. The molecule has 6 nitrogen and oxygen atoms in total. The second-order valence-corrected chi connectivity index (χ2v) is 16.6. The molecule has 0 aromatic rings. The van der Waals surface area contributed by atoms with Gasteiger partial charge in [0, 0.05) is 6.42 Å². The molecule has 0 fully saturated rings. The van der Waals surface area contributed by atoms with Gasteiger partial charge < -0.3 is 20.3 Å². The van der Waals surface area contributed by atoms with Crippen molar-refractivity contribution in [1.29, 1.82) is 0 Å². The third kappa shape index (κ3) is 41.8. The molecule has 0 rings (SSSR count). The van der Waals surface area contributed by atoms with E-state index < -0.39 is 18.2 Å². The lowest BCUT2D eigenvalue weighted by Gasteiger charge is -2.24. The normalized spacial score (nSPS) is 14.0. The number of hydrogen-bond donors (Lipinski definition) is 3. The van der Waals surface area contributed by atoms with Crippen molar-refractivity contribution in [3.05, 3.63) is 85.1 Å². The van der Waals surface area contributed by atoms with Crippen molar-refractivity contribution in [2.24, 2.45) is 0 Å². The first-order valence-corrected chi connectivity index (χ1v) is 24.9. The maximum Gasteiger partial charge on any atom is 0.306 e. The van der Waals surface area contributed by atoms with Gasteiger partial charge in [-0.1, -0.05) is 221 Å². The van der Waals surface area contributed by atoms with Gasteiger partial charge in [-0.05, 0) is 70.6 Å². The fraction of sp³-hybridized carbons (Fsp3) is 0.704. The maximum absolute atomic E-state index is 13.2. The van der Waals surface area contributed by atoms with Gasteiger partial charge in [0.25, 0.3) is 0 Å². The zero-order valence-corrected chi connectivity index (χ0v) is 39.1. The molecule has 0 aromatic heterocycles. The average molecular weight is 836 g/mol. The Morgan fingerprint density at radius 2 is 0.900 bits per heavy atom. The molecule has 344 valence electrons. The Labute approximate surface area is 370 Å². The summed E-state index contributed by atoms with van der Waals surface area (Å²) in [6.07, 6.45) is 60.7. The smallest absolute Gasteiger partial charge is 0.306 e. The van der Waals surface area contributed by atoms with Crippen LogP contribution in [-0.2, 0) is 14.3 Å². The molecule has 0 radical (unpaired) electrons. The van der Waals surface area contributed by atoms with Crippen molar-refractivity contribution >= 4 is 11.9 Å². The van der Waals surface area contributed by atoms with Crippen molar-refractivity contribution in [2.45, 2.75) is 238 Å². The van der Waals surface area contributed by atoms with E-state index in [0.29, 0.717) is 19.3 Å². The van der Waals surface area contributed by atoms with Crippen LogP contribution in [0.4, 0.5) is 0 Å². The zero-order valence-electron chi connectivity index (χ0n) is 39.1. The minimum absolute atomic E-state index is 0.0387. The Morgan fingerprint density at radius 3 is 1.38 bits per heavy atom. The van der Waals surface area contributed by atoms with Crippen LogP contribution in [-0.4, -0.2) is 46.9 Å². The molecule has 0 saturated carbocycles. The van der Waals surface area contributed by atoms with Crippen LogP contribution in [0.15, 0.2) is 85.1 Å². The lowest BCUT2D eigenvalue weighted by atomic mass is 10.0. The highest BCUT2D eigenvalue weighted by atomic mass is 16.5. The number of carbonyl (C=O) groups excluding carboxylic acids is 2. The summed E-state index contributed by atoms with van der Waals surface area (Å²) < 4.78 is 5.90. The van der Waals surface area contributed by atoms with E-state index in [1.165, 1.54) is 77.0 Å². The largest absolute Gasteiger partial charge is 0.462 e. The quantitative estimate of drug-likeness (QED) is 0.0323. The maximum atomic E-state index is 13.2. The molecule has 6 heteroatoms. The number of ether oxygens (including phenoxy) is 1. The van der Waals surface area contributed by atoms with Crippen LogP contribution in [0.3, 0.4) is 0 Å². The molecule has 0 aliphatic heterocycles. The monoisotopic (exact) mass is 836 g/mol. The lowest BCUT2D eigenvalue weighted by molar-refractivity contribution is -0.151. The first-order chi connectivity index (χ1) is 29.5. The van der Waals surface area contributed by atoms with E-state index in [1.807, 2.05) is 30.4 Å². The number of rotatable bonds is 43. The highest BCUT2D eigenvalue weighted by Crippen LogP contribution is 2.17. The van der Waals surface area contributed by atoms with Crippen LogP contribution in [0.2, 0.25) is 0 Å². The molecule has 0 aliphatic rings. The fourth-order valence-corrected chi connectivity index (χ4v) is 7.09. The van der Waals surface area contributed by atoms with E-state index >= 15 is 0 Å². The molecular weight excluding hydrogens is 743 g/mol. The minimum atomic E-state index is -0.805. The van der Waals surface area contributed by atoms with Crippen LogP contribution in [0.5, 0.6) is 0 Å². The van der Waals surface area contributed by atoms with Gasteiger partial charge in [-0.25, -0.2) is 0 Å². The molecule has 0 spiro atoms. The predicted molar refractivity (Wildman–Crippen MR) is 259 cm³/mol. The molecule has 60 heavy (non-hydrogen) atoms. The second kappa shape index (κ2) is 47.1. The van der Waals surface area contributed by atoms with Gasteiger partial charge in [-0.3, -0.25) is 9.59 Å². The number of carbonyl (C=O) groups is 2. The molecule has 0 heterocycles. The molecule has 3 N–H and O–H groups in total. The first-order valence-electron chi connectivity index (χ1n) is 24.9. The fourth-order valence-electron chi connectivity index (χ4n) is 7.09. The number of unbranched alkanes of at least 4 members (excludes halogenated alkanes) is 22. The summed E-state index contributed by atoms with van der Waals surface area (Å²) >= 11 is 0. The third-order valence-corrected chi connectivity index (χ3v) is 10.9. The van der Waals surface area contributed by atoms with Crippen molar-refractivity contribution < 1.29 is 24.5 Å². The number of hydrogen-bond acceptors (Lipinski definition) is 5. The summed E-state index contributed by atoms with van der Waals surface area (Å²) in [6, 6.07) is -0.722. The van der Waals surface area contributed by atoms with E-state index in [-0.39, 0.29) is 24.9 Å². The SMILES string of the molecule is CC/C=C/C=C/C=C/C=C\CCCCCC(CC(=O)NC(CO)C(O)CCCCCCCCCCCC)OC(=O)CCCCCCC/C=C/C=C/C=C/CCCCCCC. The summed E-state index contributed by atoms with van der Waals surface area (Å²) in [5, 5.41) is 23.7.